The molecule has 1 N–H and O–H groups in total. The topological polar surface area (TPSA) is 12.0 Å². The van der Waals surface area contributed by atoms with Crippen molar-refractivity contribution in [3.63, 3.8) is 0 Å². The fourth-order valence-electron chi connectivity index (χ4n) is 3.71. The normalized spacial score (nSPS) is 24.6. The monoisotopic (exact) mass is 259 g/mol. The van der Waals surface area contributed by atoms with E-state index >= 15 is 0 Å². The van der Waals surface area contributed by atoms with E-state index in [0.717, 1.165) is 18.4 Å². The molecular weight excluding hydrogens is 230 g/mol. The van der Waals surface area contributed by atoms with Gasteiger partial charge in [-0.2, -0.15) is 0 Å². The summed E-state index contributed by atoms with van der Waals surface area (Å²) in [7, 11) is 0. The molecule has 1 fully saturated rings. The Morgan fingerprint density at radius 3 is 2.58 bits per heavy atom. The van der Waals surface area contributed by atoms with E-state index in [9.17, 15) is 0 Å². The molecule has 1 nitrogen and oxygen atoms in total. The van der Waals surface area contributed by atoms with Crippen molar-refractivity contribution in [2.75, 3.05) is 6.54 Å². The SMILES string of the molecule is CCNC(c1ccc(C)cc1C)C1CCC(CC)C1. The third kappa shape index (κ3) is 3.39. The average molecular weight is 259 g/mol. The fraction of sp³-hybridized carbons (Fsp3) is 0.667. The highest BCUT2D eigenvalue weighted by molar-refractivity contribution is 5.33. The van der Waals surface area contributed by atoms with Crippen molar-refractivity contribution in [2.45, 2.75) is 59.4 Å². The van der Waals surface area contributed by atoms with Crippen molar-refractivity contribution in [1.29, 1.82) is 0 Å². The van der Waals surface area contributed by atoms with Gasteiger partial charge in [-0.15, -0.1) is 0 Å². The molecule has 19 heavy (non-hydrogen) atoms. The van der Waals surface area contributed by atoms with Gasteiger partial charge in [-0.3, -0.25) is 0 Å². The van der Waals surface area contributed by atoms with Crippen LogP contribution in [0.4, 0.5) is 0 Å². The van der Waals surface area contributed by atoms with Gasteiger partial charge < -0.3 is 5.32 Å². The molecule has 0 saturated heterocycles. The van der Waals surface area contributed by atoms with Gasteiger partial charge in [-0.05, 0) is 56.2 Å². The summed E-state index contributed by atoms with van der Waals surface area (Å²) in [6.07, 6.45) is 5.57. The second-order valence-corrected chi connectivity index (χ2v) is 6.24. The molecule has 1 heteroatoms. The highest BCUT2D eigenvalue weighted by Crippen LogP contribution is 2.41. The van der Waals surface area contributed by atoms with E-state index in [-0.39, 0.29) is 0 Å². The Hall–Kier alpha value is -0.820. The number of benzene rings is 1. The second-order valence-electron chi connectivity index (χ2n) is 6.24. The smallest absolute Gasteiger partial charge is 0.0351 e. The van der Waals surface area contributed by atoms with Crippen LogP contribution in [0.15, 0.2) is 18.2 Å². The summed E-state index contributed by atoms with van der Waals surface area (Å²) in [6.45, 7) is 10.1. The largest absolute Gasteiger partial charge is 0.310 e. The Kier molecular flexibility index (Phi) is 5.04. The standard InChI is InChI=1S/C18H29N/c1-5-15-8-9-16(12-15)18(19-6-2)17-10-7-13(3)11-14(17)4/h7,10-11,15-16,18-19H,5-6,8-9,12H2,1-4H3. The molecule has 1 aromatic carbocycles. The molecule has 0 amide bonds. The lowest BCUT2D eigenvalue weighted by atomic mass is 9.87. The van der Waals surface area contributed by atoms with Gasteiger partial charge >= 0.3 is 0 Å². The maximum absolute atomic E-state index is 3.75. The summed E-state index contributed by atoms with van der Waals surface area (Å²) in [5, 5.41) is 3.75. The van der Waals surface area contributed by atoms with Crippen LogP contribution in [0.2, 0.25) is 0 Å². The van der Waals surface area contributed by atoms with Crippen LogP contribution < -0.4 is 5.32 Å². The van der Waals surface area contributed by atoms with Gasteiger partial charge in [0.25, 0.3) is 0 Å². The van der Waals surface area contributed by atoms with Crippen LogP contribution in [0.3, 0.4) is 0 Å². The highest BCUT2D eigenvalue weighted by Gasteiger charge is 2.31. The zero-order valence-corrected chi connectivity index (χ0v) is 13.0. The van der Waals surface area contributed by atoms with Crippen molar-refractivity contribution < 1.29 is 0 Å². The average Bonchev–Trinajstić information content (AvgIpc) is 2.85. The van der Waals surface area contributed by atoms with Crippen molar-refractivity contribution in [2.24, 2.45) is 11.8 Å². The Bertz CT molecular complexity index is 410. The molecular formula is C18H29N. The predicted octanol–water partition coefficient (Wildman–Crippen LogP) is 4.78. The van der Waals surface area contributed by atoms with Gasteiger partial charge in [-0.1, -0.05) is 50.5 Å². The van der Waals surface area contributed by atoms with Crippen molar-refractivity contribution in [1.82, 2.24) is 5.32 Å². The fourth-order valence-corrected chi connectivity index (χ4v) is 3.71. The summed E-state index contributed by atoms with van der Waals surface area (Å²) in [5.74, 6) is 1.78. The molecule has 1 aliphatic carbocycles. The number of nitrogens with one attached hydrogen (secondary N) is 1. The van der Waals surface area contributed by atoms with Gasteiger partial charge in [-0.25, -0.2) is 0 Å². The van der Waals surface area contributed by atoms with Crippen molar-refractivity contribution >= 4 is 0 Å². The van der Waals surface area contributed by atoms with Crippen LogP contribution in [-0.4, -0.2) is 6.54 Å². The lowest BCUT2D eigenvalue weighted by Crippen LogP contribution is -2.27. The van der Waals surface area contributed by atoms with Gasteiger partial charge in [0.05, 0.1) is 0 Å². The van der Waals surface area contributed by atoms with Crippen LogP contribution >= 0.6 is 0 Å². The third-order valence-corrected chi connectivity index (χ3v) is 4.81. The first kappa shape index (κ1) is 14.6. The van der Waals surface area contributed by atoms with Gasteiger partial charge in [0, 0.05) is 6.04 Å². The Morgan fingerprint density at radius 2 is 2.00 bits per heavy atom. The Balaban J connectivity index is 2.20. The molecule has 0 spiro atoms. The van der Waals surface area contributed by atoms with Crippen molar-refractivity contribution in [3.8, 4) is 0 Å². The quantitative estimate of drug-likeness (QED) is 0.802. The minimum Gasteiger partial charge on any atom is -0.310 e. The zero-order valence-electron chi connectivity index (χ0n) is 13.0. The van der Waals surface area contributed by atoms with E-state index in [0.29, 0.717) is 6.04 Å². The molecule has 106 valence electrons. The number of hydrogen-bond donors (Lipinski definition) is 1. The van der Waals surface area contributed by atoms with Crippen LogP contribution in [0.1, 0.15) is 62.3 Å². The first-order valence-corrected chi connectivity index (χ1v) is 7.96. The summed E-state index contributed by atoms with van der Waals surface area (Å²) in [6, 6.07) is 7.49. The van der Waals surface area contributed by atoms with E-state index in [1.54, 1.807) is 0 Å². The van der Waals surface area contributed by atoms with Crippen molar-refractivity contribution in [3.05, 3.63) is 34.9 Å². The van der Waals surface area contributed by atoms with Gasteiger partial charge in [0.15, 0.2) is 0 Å². The van der Waals surface area contributed by atoms with E-state index in [1.807, 2.05) is 0 Å². The van der Waals surface area contributed by atoms with E-state index < -0.39 is 0 Å². The van der Waals surface area contributed by atoms with Crippen LogP contribution in [0.5, 0.6) is 0 Å². The molecule has 2 rings (SSSR count). The molecule has 3 unspecified atom stereocenters. The summed E-state index contributed by atoms with van der Waals surface area (Å²) in [5.41, 5.74) is 4.34. The molecule has 1 aliphatic rings. The van der Waals surface area contributed by atoms with Crippen LogP contribution in [0, 0.1) is 25.7 Å². The van der Waals surface area contributed by atoms with Gasteiger partial charge in [0.1, 0.15) is 0 Å². The highest BCUT2D eigenvalue weighted by atomic mass is 14.9. The Morgan fingerprint density at radius 1 is 1.21 bits per heavy atom. The van der Waals surface area contributed by atoms with Crippen LogP contribution in [0.25, 0.3) is 0 Å². The third-order valence-electron chi connectivity index (χ3n) is 4.81. The first-order valence-electron chi connectivity index (χ1n) is 7.96. The molecule has 0 bridgehead atoms. The Labute approximate surface area is 118 Å². The van der Waals surface area contributed by atoms with E-state index in [2.05, 4.69) is 51.2 Å². The summed E-state index contributed by atoms with van der Waals surface area (Å²) in [4.78, 5) is 0. The van der Waals surface area contributed by atoms with E-state index in [1.165, 1.54) is 42.4 Å². The number of hydrogen-bond acceptors (Lipinski definition) is 1. The predicted molar refractivity (Wildman–Crippen MR) is 83.5 cm³/mol. The molecule has 1 saturated carbocycles. The van der Waals surface area contributed by atoms with Crippen LogP contribution in [-0.2, 0) is 0 Å². The minimum absolute atomic E-state index is 0.558. The molecule has 0 radical (unpaired) electrons. The molecule has 3 atom stereocenters. The van der Waals surface area contributed by atoms with Gasteiger partial charge in [0.2, 0.25) is 0 Å². The lowest BCUT2D eigenvalue weighted by molar-refractivity contribution is 0.358. The maximum atomic E-state index is 3.75. The number of rotatable bonds is 5. The van der Waals surface area contributed by atoms with E-state index in [4.69, 9.17) is 0 Å². The zero-order chi connectivity index (χ0) is 13.8. The molecule has 0 aromatic heterocycles. The molecule has 1 aromatic rings. The molecule has 0 aliphatic heterocycles. The lowest BCUT2D eigenvalue weighted by Gasteiger charge is -2.27. The summed E-state index contributed by atoms with van der Waals surface area (Å²) >= 11 is 0. The summed E-state index contributed by atoms with van der Waals surface area (Å²) < 4.78 is 0. The maximum Gasteiger partial charge on any atom is 0.0351 e. The minimum atomic E-state index is 0.558. The second kappa shape index (κ2) is 6.56. The number of aryl methyl sites for hydroxylation is 2. The first-order chi connectivity index (χ1) is 9.15. The molecule has 0 heterocycles.